The third kappa shape index (κ3) is 4.32. The molecule has 13 heteroatoms. The van der Waals surface area contributed by atoms with Crippen LogP contribution in [0.1, 0.15) is 21.9 Å². The van der Waals surface area contributed by atoms with Crippen LogP contribution in [0.5, 0.6) is 0 Å². The van der Waals surface area contributed by atoms with Gasteiger partial charge in [-0.25, -0.2) is 0 Å². The van der Waals surface area contributed by atoms with Gasteiger partial charge in [0.25, 0.3) is 11.6 Å². The van der Waals surface area contributed by atoms with Crippen molar-refractivity contribution in [2.75, 3.05) is 5.32 Å². The Hall–Kier alpha value is -4.49. The number of nitrogens with zero attached hydrogens (tertiary/aromatic N) is 5. The number of anilines is 1. The van der Waals surface area contributed by atoms with E-state index in [1.165, 1.54) is 29.5 Å². The van der Waals surface area contributed by atoms with E-state index in [-0.39, 0.29) is 27.9 Å². The van der Waals surface area contributed by atoms with Crippen LogP contribution in [0.4, 0.5) is 11.4 Å². The van der Waals surface area contributed by atoms with Crippen molar-refractivity contribution < 1.29 is 14.1 Å². The standard InChI is InChI=1S/C23H17N7O4S2/c1-12-14(21-28-29-13(2)26-27-23(29)36-21)7-5-8-16(12)24-22(35)25-20(31)19-11-10-18(34-19)15-6-3-4-9-17(15)30(32)33/h3-11H,1-2H3,(H2,24,25,31,35). The minimum Gasteiger partial charge on any atom is -0.451 e. The number of rotatable bonds is 5. The molecule has 2 aromatic carbocycles. The van der Waals surface area contributed by atoms with Crippen molar-refractivity contribution in [1.82, 2.24) is 25.1 Å². The van der Waals surface area contributed by atoms with Crippen molar-refractivity contribution in [3.05, 3.63) is 81.9 Å². The largest absolute Gasteiger partial charge is 0.451 e. The molecule has 0 unspecified atom stereocenters. The molecule has 0 radical (unpaired) electrons. The van der Waals surface area contributed by atoms with Crippen molar-refractivity contribution in [3.8, 4) is 21.9 Å². The third-order valence-corrected chi connectivity index (χ3v) is 6.52. The van der Waals surface area contributed by atoms with Gasteiger partial charge in [-0.3, -0.25) is 20.2 Å². The van der Waals surface area contributed by atoms with E-state index in [1.54, 1.807) is 22.7 Å². The molecule has 180 valence electrons. The Bertz CT molecular complexity index is 1650. The number of thiocarbonyl (C=S) groups is 1. The average Bonchev–Trinajstić information content (AvgIpc) is 3.58. The second-order valence-corrected chi connectivity index (χ2v) is 9.04. The highest BCUT2D eigenvalue weighted by molar-refractivity contribution is 7.80. The first-order valence-corrected chi connectivity index (χ1v) is 11.8. The minimum atomic E-state index is -0.588. The SMILES string of the molecule is Cc1c(NC(=S)NC(=O)c2ccc(-c3ccccc3[N+](=O)[O-])o2)cccc1-c1nn2c(C)nnc2s1. The van der Waals surface area contributed by atoms with Crippen LogP contribution in [0.3, 0.4) is 0 Å². The van der Waals surface area contributed by atoms with E-state index < -0.39 is 10.8 Å². The molecule has 3 aromatic heterocycles. The lowest BCUT2D eigenvalue weighted by Gasteiger charge is -2.13. The summed E-state index contributed by atoms with van der Waals surface area (Å²) in [6.07, 6.45) is 0. The number of hydrogen-bond donors (Lipinski definition) is 2. The molecular weight excluding hydrogens is 502 g/mol. The number of amides is 1. The van der Waals surface area contributed by atoms with E-state index >= 15 is 0 Å². The van der Waals surface area contributed by atoms with E-state index in [9.17, 15) is 14.9 Å². The van der Waals surface area contributed by atoms with E-state index in [4.69, 9.17) is 16.6 Å². The number of nitro benzene ring substituents is 1. The number of fused-ring (bicyclic) bond motifs is 1. The summed E-state index contributed by atoms with van der Waals surface area (Å²) in [7, 11) is 0. The van der Waals surface area contributed by atoms with Gasteiger partial charge in [0.1, 0.15) is 10.8 Å². The molecule has 0 bridgehead atoms. The van der Waals surface area contributed by atoms with Crippen molar-refractivity contribution in [3.63, 3.8) is 0 Å². The summed E-state index contributed by atoms with van der Waals surface area (Å²) in [6.45, 7) is 3.75. The zero-order valence-corrected chi connectivity index (χ0v) is 20.5. The van der Waals surface area contributed by atoms with Crippen LogP contribution >= 0.6 is 23.6 Å². The lowest BCUT2D eigenvalue weighted by molar-refractivity contribution is -0.384. The van der Waals surface area contributed by atoms with Crippen molar-refractivity contribution >= 4 is 50.9 Å². The quantitative estimate of drug-likeness (QED) is 0.191. The van der Waals surface area contributed by atoms with Crippen LogP contribution in [0.25, 0.3) is 26.9 Å². The molecule has 5 rings (SSSR count). The highest BCUT2D eigenvalue weighted by Gasteiger charge is 2.20. The lowest BCUT2D eigenvalue weighted by atomic mass is 10.1. The summed E-state index contributed by atoms with van der Waals surface area (Å²) in [6, 6.07) is 14.7. The summed E-state index contributed by atoms with van der Waals surface area (Å²) in [4.78, 5) is 24.2. The molecule has 0 saturated carbocycles. The minimum absolute atomic E-state index is 0.0344. The van der Waals surface area contributed by atoms with E-state index in [0.717, 1.165) is 16.1 Å². The fourth-order valence-corrected chi connectivity index (χ4v) is 4.76. The Labute approximate surface area is 212 Å². The number of hydrogen-bond acceptors (Lipinski definition) is 9. The van der Waals surface area contributed by atoms with Gasteiger partial charge in [-0.2, -0.15) is 9.61 Å². The summed E-state index contributed by atoms with van der Waals surface area (Å²) >= 11 is 6.75. The maximum atomic E-state index is 12.7. The smallest absolute Gasteiger partial charge is 0.293 e. The number of furan rings is 1. The van der Waals surface area contributed by atoms with Crippen LogP contribution in [-0.2, 0) is 0 Å². The third-order valence-electron chi connectivity index (χ3n) is 5.38. The Morgan fingerprint density at radius 1 is 1.08 bits per heavy atom. The monoisotopic (exact) mass is 519 g/mol. The Kier molecular flexibility index (Phi) is 6.00. The van der Waals surface area contributed by atoms with Gasteiger partial charge >= 0.3 is 0 Å². The van der Waals surface area contributed by atoms with E-state index in [1.807, 2.05) is 32.0 Å². The number of aromatic nitrogens is 4. The van der Waals surface area contributed by atoms with Crippen LogP contribution in [0.15, 0.2) is 59.0 Å². The second kappa shape index (κ2) is 9.28. The zero-order valence-electron chi connectivity index (χ0n) is 18.9. The summed E-state index contributed by atoms with van der Waals surface area (Å²) < 4.78 is 7.27. The van der Waals surface area contributed by atoms with Crippen LogP contribution in [0, 0.1) is 24.0 Å². The van der Waals surface area contributed by atoms with Gasteiger partial charge in [-0.15, -0.1) is 10.2 Å². The molecule has 0 fully saturated rings. The zero-order chi connectivity index (χ0) is 25.4. The van der Waals surface area contributed by atoms with Crippen LogP contribution < -0.4 is 10.6 Å². The highest BCUT2D eigenvalue weighted by Crippen LogP contribution is 2.32. The van der Waals surface area contributed by atoms with Crippen molar-refractivity contribution in [2.45, 2.75) is 13.8 Å². The Morgan fingerprint density at radius 3 is 2.64 bits per heavy atom. The first kappa shape index (κ1) is 23.3. The molecule has 0 spiro atoms. The molecule has 36 heavy (non-hydrogen) atoms. The molecule has 0 aliphatic carbocycles. The molecule has 0 aliphatic heterocycles. The molecule has 5 aromatic rings. The highest BCUT2D eigenvalue weighted by atomic mass is 32.1. The predicted molar refractivity (Wildman–Crippen MR) is 138 cm³/mol. The second-order valence-electron chi connectivity index (χ2n) is 7.67. The Balaban J connectivity index is 1.31. The van der Waals surface area contributed by atoms with Crippen LogP contribution in [-0.4, -0.2) is 35.8 Å². The van der Waals surface area contributed by atoms with Crippen molar-refractivity contribution in [1.29, 1.82) is 0 Å². The number of carbonyl (C=O) groups excluding carboxylic acids is 1. The normalized spacial score (nSPS) is 10.9. The molecule has 0 aliphatic rings. The number of nitrogens with one attached hydrogen (secondary N) is 2. The van der Waals surface area contributed by atoms with E-state index in [2.05, 4.69) is 25.9 Å². The summed E-state index contributed by atoms with van der Waals surface area (Å²) in [5, 5.41) is 30.4. The van der Waals surface area contributed by atoms with Crippen molar-refractivity contribution in [2.24, 2.45) is 0 Å². The number of nitro groups is 1. The fourth-order valence-electron chi connectivity index (χ4n) is 3.59. The van der Waals surface area contributed by atoms with Gasteiger partial charge in [-0.05, 0) is 55.9 Å². The molecule has 0 saturated heterocycles. The number of carbonyl (C=O) groups is 1. The maximum Gasteiger partial charge on any atom is 0.293 e. The van der Waals surface area contributed by atoms with Gasteiger partial charge in [0.2, 0.25) is 4.96 Å². The Morgan fingerprint density at radius 2 is 1.86 bits per heavy atom. The maximum absolute atomic E-state index is 12.7. The predicted octanol–water partition coefficient (Wildman–Crippen LogP) is 4.76. The first-order valence-electron chi connectivity index (χ1n) is 10.6. The summed E-state index contributed by atoms with van der Waals surface area (Å²) in [5.74, 6) is 0.282. The first-order chi connectivity index (χ1) is 17.3. The van der Waals surface area contributed by atoms with Gasteiger partial charge < -0.3 is 9.73 Å². The molecule has 0 atom stereocenters. The van der Waals surface area contributed by atoms with Gasteiger partial charge in [0.15, 0.2) is 16.7 Å². The average molecular weight is 520 g/mol. The summed E-state index contributed by atoms with van der Waals surface area (Å²) in [5.41, 5.74) is 2.62. The molecule has 2 N–H and O–H groups in total. The topological polar surface area (TPSA) is 140 Å². The fraction of sp³-hybridized carbons (Fsp3) is 0.0870. The molecular formula is C23H17N7O4S2. The number of para-hydroxylation sites is 1. The number of benzene rings is 2. The van der Waals surface area contributed by atoms with Gasteiger partial charge in [0.05, 0.1) is 10.5 Å². The number of aryl methyl sites for hydroxylation is 1. The van der Waals surface area contributed by atoms with Crippen LogP contribution in [0.2, 0.25) is 0 Å². The van der Waals surface area contributed by atoms with Gasteiger partial charge in [-0.1, -0.05) is 35.6 Å². The van der Waals surface area contributed by atoms with Gasteiger partial charge in [0, 0.05) is 17.3 Å². The molecule has 11 nitrogen and oxygen atoms in total. The molecule has 3 heterocycles. The van der Waals surface area contributed by atoms with E-state index in [0.29, 0.717) is 16.5 Å². The molecule has 1 amide bonds. The lowest BCUT2D eigenvalue weighted by Crippen LogP contribution is -2.34.